The van der Waals surface area contributed by atoms with Crippen molar-refractivity contribution in [1.82, 2.24) is 0 Å². The number of ketones is 1. The number of benzene rings is 1. The van der Waals surface area contributed by atoms with Gasteiger partial charge in [-0.25, -0.2) is 0 Å². The Labute approximate surface area is 102 Å². The summed E-state index contributed by atoms with van der Waals surface area (Å²) in [4.78, 5) is 11.6. The maximum Gasteiger partial charge on any atom is 0.185 e. The third kappa shape index (κ3) is 5.13. The maximum atomic E-state index is 11.6. The molecule has 0 aliphatic rings. The highest BCUT2D eigenvalue weighted by Crippen LogP contribution is 2.04. The van der Waals surface area contributed by atoms with Crippen LogP contribution in [0, 0.1) is 0 Å². The first-order valence-corrected chi connectivity index (χ1v) is 6.20. The highest BCUT2D eigenvalue weighted by Gasteiger charge is 1.98. The van der Waals surface area contributed by atoms with Crippen LogP contribution < -0.4 is 0 Å². The molecule has 0 aliphatic heterocycles. The van der Waals surface area contributed by atoms with Gasteiger partial charge in [-0.15, -0.1) is 11.6 Å². The Bertz CT molecular complexity index is 330. The average Bonchev–Trinajstić information content (AvgIpc) is 2.34. The van der Waals surface area contributed by atoms with Gasteiger partial charge in [-0.1, -0.05) is 42.8 Å². The first kappa shape index (κ1) is 13.0. The fraction of sp³-hybridized carbons (Fsp3) is 0.357. The van der Waals surface area contributed by atoms with Crippen LogP contribution in [-0.4, -0.2) is 11.7 Å². The minimum absolute atomic E-state index is 0.0814. The van der Waals surface area contributed by atoms with Gasteiger partial charge < -0.3 is 0 Å². The first-order valence-electron chi connectivity index (χ1n) is 5.66. The Hall–Kier alpha value is -1.08. The van der Waals surface area contributed by atoms with Crippen molar-refractivity contribution in [1.29, 1.82) is 0 Å². The lowest BCUT2D eigenvalue weighted by Crippen LogP contribution is -1.92. The molecule has 86 valence electrons. The van der Waals surface area contributed by atoms with Gasteiger partial charge in [0.1, 0.15) is 0 Å². The number of rotatable bonds is 7. The molecule has 0 amide bonds. The van der Waals surface area contributed by atoms with Crippen molar-refractivity contribution in [2.75, 3.05) is 5.88 Å². The first-order chi connectivity index (χ1) is 7.84. The zero-order chi connectivity index (χ0) is 11.6. The highest BCUT2D eigenvalue weighted by atomic mass is 35.5. The molecule has 0 bridgehead atoms. The van der Waals surface area contributed by atoms with E-state index in [9.17, 15) is 4.79 Å². The summed E-state index contributed by atoms with van der Waals surface area (Å²) in [5.74, 6) is 0.810. The molecule has 0 heterocycles. The van der Waals surface area contributed by atoms with Crippen LogP contribution in [0.2, 0.25) is 0 Å². The third-order valence-corrected chi connectivity index (χ3v) is 2.60. The molecule has 0 fully saturated rings. The van der Waals surface area contributed by atoms with E-state index < -0.39 is 0 Å². The Kier molecular flexibility index (Phi) is 6.59. The van der Waals surface area contributed by atoms with E-state index >= 15 is 0 Å². The van der Waals surface area contributed by atoms with Gasteiger partial charge in [0.2, 0.25) is 0 Å². The van der Waals surface area contributed by atoms with E-state index in [-0.39, 0.29) is 5.78 Å². The summed E-state index contributed by atoms with van der Waals surface area (Å²) in [6.07, 6.45) is 7.86. The smallest absolute Gasteiger partial charge is 0.185 e. The Balaban J connectivity index is 2.27. The second kappa shape index (κ2) is 8.12. The minimum atomic E-state index is 0.0814. The Morgan fingerprint density at radius 3 is 2.56 bits per heavy atom. The van der Waals surface area contributed by atoms with E-state index in [1.54, 1.807) is 6.08 Å². The summed E-state index contributed by atoms with van der Waals surface area (Å²) in [6, 6.07) is 9.33. The summed E-state index contributed by atoms with van der Waals surface area (Å²) in [7, 11) is 0. The van der Waals surface area contributed by atoms with Crippen LogP contribution in [0.4, 0.5) is 0 Å². The molecule has 2 heteroatoms. The number of hydrogen-bond donors (Lipinski definition) is 0. The van der Waals surface area contributed by atoms with Crippen molar-refractivity contribution in [2.24, 2.45) is 0 Å². The molecule has 16 heavy (non-hydrogen) atoms. The second-order valence-electron chi connectivity index (χ2n) is 3.67. The van der Waals surface area contributed by atoms with Gasteiger partial charge in [-0.2, -0.15) is 0 Å². The van der Waals surface area contributed by atoms with Crippen molar-refractivity contribution >= 4 is 17.4 Å². The van der Waals surface area contributed by atoms with E-state index in [1.807, 2.05) is 36.4 Å². The van der Waals surface area contributed by atoms with Gasteiger partial charge >= 0.3 is 0 Å². The molecule has 0 N–H and O–H groups in total. The number of carbonyl (C=O) groups is 1. The fourth-order valence-corrected chi connectivity index (χ4v) is 1.61. The molecule has 0 spiro atoms. The van der Waals surface area contributed by atoms with E-state index in [1.165, 1.54) is 0 Å². The molecule has 0 saturated carbocycles. The molecular weight excluding hydrogens is 220 g/mol. The predicted octanol–water partition coefficient (Wildman–Crippen LogP) is 4.22. The lowest BCUT2D eigenvalue weighted by atomic mass is 10.1. The van der Waals surface area contributed by atoms with E-state index in [0.29, 0.717) is 0 Å². The Morgan fingerprint density at radius 1 is 1.12 bits per heavy atom. The normalized spacial score (nSPS) is 10.8. The van der Waals surface area contributed by atoms with Crippen LogP contribution in [0.5, 0.6) is 0 Å². The van der Waals surface area contributed by atoms with E-state index in [0.717, 1.165) is 37.1 Å². The molecule has 0 atom stereocenters. The second-order valence-corrected chi connectivity index (χ2v) is 4.05. The van der Waals surface area contributed by atoms with Crippen LogP contribution in [-0.2, 0) is 0 Å². The van der Waals surface area contributed by atoms with Crippen LogP contribution >= 0.6 is 11.6 Å². The summed E-state index contributed by atoms with van der Waals surface area (Å²) in [6.45, 7) is 0. The molecule has 0 aliphatic carbocycles. The number of unbranched alkanes of at least 4 members (excludes halogenated alkanes) is 3. The van der Waals surface area contributed by atoms with E-state index in [2.05, 4.69) is 0 Å². The molecule has 0 unspecified atom stereocenters. The Morgan fingerprint density at radius 2 is 1.88 bits per heavy atom. The number of alkyl halides is 1. The fourth-order valence-electron chi connectivity index (χ4n) is 1.42. The van der Waals surface area contributed by atoms with Gasteiger partial charge in [0, 0.05) is 11.4 Å². The molecular formula is C14H17ClO. The number of hydrogen-bond acceptors (Lipinski definition) is 1. The van der Waals surface area contributed by atoms with Crippen LogP contribution in [0.25, 0.3) is 0 Å². The molecule has 1 nitrogen and oxygen atoms in total. The molecule has 0 aromatic heterocycles. The minimum Gasteiger partial charge on any atom is -0.289 e. The topological polar surface area (TPSA) is 17.1 Å². The van der Waals surface area contributed by atoms with Crippen molar-refractivity contribution in [3.63, 3.8) is 0 Å². The summed E-state index contributed by atoms with van der Waals surface area (Å²) >= 11 is 5.57. The summed E-state index contributed by atoms with van der Waals surface area (Å²) in [5.41, 5.74) is 0.750. The van der Waals surface area contributed by atoms with Gasteiger partial charge in [0.25, 0.3) is 0 Å². The van der Waals surface area contributed by atoms with Gasteiger partial charge in [0.05, 0.1) is 0 Å². The quantitative estimate of drug-likeness (QED) is 0.300. The monoisotopic (exact) mass is 236 g/mol. The van der Waals surface area contributed by atoms with E-state index in [4.69, 9.17) is 11.6 Å². The average molecular weight is 237 g/mol. The van der Waals surface area contributed by atoms with Gasteiger partial charge in [-0.3, -0.25) is 4.79 Å². The van der Waals surface area contributed by atoms with Crippen LogP contribution in [0.3, 0.4) is 0 Å². The molecule has 1 aromatic carbocycles. The molecule has 0 saturated heterocycles. The molecule has 0 radical (unpaired) electrons. The highest BCUT2D eigenvalue weighted by molar-refractivity contribution is 6.17. The van der Waals surface area contributed by atoms with Gasteiger partial charge in [0.15, 0.2) is 5.78 Å². The maximum absolute atomic E-state index is 11.6. The van der Waals surface area contributed by atoms with Crippen molar-refractivity contribution in [3.8, 4) is 0 Å². The zero-order valence-corrected chi connectivity index (χ0v) is 10.1. The lowest BCUT2D eigenvalue weighted by Gasteiger charge is -1.95. The number of halogens is 1. The summed E-state index contributed by atoms with van der Waals surface area (Å²) in [5, 5.41) is 0. The number of allylic oxidation sites excluding steroid dienone is 2. The van der Waals surface area contributed by atoms with Crippen molar-refractivity contribution < 1.29 is 4.79 Å². The summed E-state index contributed by atoms with van der Waals surface area (Å²) < 4.78 is 0. The standard InChI is InChI=1S/C14H17ClO/c15-12-8-3-1-2-7-11-14(16)13-9-5-4-6-10-13/h4-7,9-11H,1-3,8,12H2. The van der Waals surface area contributed by atoms with Crippen molar-refractivity contribution in [2.45, 2.75) is 25.7 Å². The van der Waals surface area contributed by atoms with Crippen LogP contribution in [0.1, 0.15) is 36.0 Å². The zero-order valence-electron chi connectivity index (χ0n) is 9.36. The number of carbonyl (C=O) groups excluding carboxylic acids is 1. The largest absolute Gasteiger partial charge is 0.289 e. The van der Waals surface area contributed by atoms with Gasteiger partial charge in [-0.05, 0) is 25.3 Å². The molecule has 1 rings (SSSR count). The predicted molar refractivity (Wildman–Crippen MR) is 69.1 cm³/mol. The third-order valence-electron chi connectivity index (χ3n) is 2.33. The lowest BCUT2D eigenvalue weighted by molar-refractivity contribution is 0.104. The van der Waals surface area contributed by atoms with Crippen molar-refractivity contribution in [3.05, 3.63) is 48.0 Å². The van der Waals surface area contributed by atoms with Crippen LogP contribution in [0.15, 0.2) is 42.5 Å². The molecule has 1 aromatic rings. The SMILES string of the molecule is O=C(C=CCCCCCCl)c1ccccc1.